The Hall–Kier alpha value is -2.67. The van der Waals surface area contributed by atoms with Crippen molar-refractivity contribution in [1.29, 1.82) is 0 Å². The lowest BCUT2D eigenvalue weighted by Crippen LogP contribution is -2.31. The summed E-state index contributed by atoms with van der Waals surface area (Å²) in [4.78, 5) is 22.0. The van der Waals surface area contributed by atoms with E-state index in [4.69, 9.17) is 5.73 Å². The second-order valence-electron chi connectivity index (χ2n) is 4.96. The number of para-hydroxylation sites is 1. The highest BCUT2D eigenvalue weighted by atomic mass is 16.1. The molecule has 0 fully saturated rings. The minimum absolute atomic E-state index is 0.00627. The zero-order valence-corrected chi connectivity index (χ0v) is 14.1. The van der Waals surface area contributed by atoms with E-state index in [2.05, 4.69) is 21.2 Å². The average Bonchev–Trinajstić information content (AvgIpc) is 2.61. The lowest BCUT2D eigenvalue weighted by molar-refractivity contribution is -0.119. The topological polar surface area (TPSA) is 109 Å². The summed E-state index contributed by atoms with van der Waals surface area (Å²) in [5.41, 5.74) is 11.4. The van der Waals surface area contributed by atoms with Crippen molar-refractivity contribution in [2.24, 2.45) is 10.8 Å². The van der Waals surface area contributed by atoms with Gasteiger partial charge in [0.2, 0.25) is 12.3 Å². The zero-order valence-electron chi connectivity index (χ0n) is 14.1. The molecule has 0 saturated heterocycles. The van der Waals surface area contributed by atoms with Gasteiger partial charge in [-0.2, -0.15) is 5.10 Å². The van der Waals surface area contributed by atoms with E-state index in [1.807, 2.05) is 37.3 Å². The van der Waals surface area contributed by atoms with Gasteiger partial charge in [0.15, 0.2) is 0 Å². The second-order valence-corrected chi connectivity index (χ2v) is 4.96. The molecule has 1 rings (SSSR count). The molecule has 0 unspecified atom stereocenters. The van der Waals surface area contributed by atoms with E-state index < -0.39 is 0 Å². The summed E-state index contributed by atoms with van der Waals surface area (Å²) < 4.78 is 0. The highest BCUT2D eigenvalue weighted by molar-refractivity contribution is 6.16. The summed E-state index contributed by atoms with van der Waals surface area (Å²) in [5, 5.41) is 9.82. The molecular weight excluding hydrogens is 306 g/mol. The molecule has 1 aromatic carbocycles. The first-order valence-corrected chi connectivity index (χ1v) is 7.84. The van der Waals surface area contributed by atoms with Gasteiger partial charge in [-0.25, -0.2) is 0 Å². The number of hydrogen-bond donors (Lipinski definition) is 4. The minimum atomic E-state index is -0.165. The monoisotopic (exact) mass is 331 g/mol. The van der Waals surface area contributed by atoms with Crippen LogP contribution in [0.4, 0.5) is 5.69 Å². The first kappa shape index (κ1) is 19.4. The minimum Gasteiger partial charge on any atom is -0.355 e. The third-order valence-corrected chi connectivity index (χ3v) is 3.40. The molecule has 0 saturated carbocycles. The summed E-state index contributed by atoms with van der Waals surface area (Å²) >= 11 is 0. The number of hydrazone groups is 1. The van der Waals surface area contributed by atoms with Gasteiger partial charge in [-0.1, -0.05) is 24.3 Å². The van der Waals surface area contributed by atoms with Gasteiger partial charge in [0.05, 0.1) is 12.3 Å². The van der Waals surface area contributed by atoms with Crippen LogP contribution in [0, 0.1) is 0 Å². The average molecular weight is 331 g/mol. The Labute approximate surface area is 142 Å². The molecule has 130 valence electrons. The number of carbonyl (C=O) groups excluding carboxylic acids is 2. The number of rotatable bonds is 10. The smallest absolute Gasteiger partial charge is 0.233 e. The van der Waals surface area contributed by atoms with Crippen molar-refractivity contribution >= 4 is 23.7 Å². The van der Waals surface area contributed by atoms with E-state index >= 15 is 0 Å². The van der Waals surface area contributed by atoms with Crippen molar-refractivity contribution in [2.45, 2.75) is 19.8 Å². The maximum absolute atomic E-state index is 11.2. The van der Waals surface area contributed by atoms with E-state index in [9.17, 15) is 9.59 Å². The van der Waals surface area contributed by atoms with Crippen LogP contribution in [0.3, 0.4) is 0 Å². The molecule has 0 spiro atoms. The van der Waals surface area contributed by atoms with Crippen molar-refractivity contribution in [3.05, 3.63) is 41.5 Å². The number of nitrogens with one attached hydrogen (secondary N) is 3. The maximum Gasteiger partial charge on any atom is 0.233 e. The molecule has 0 radical (unpaired) electrons. The zero-order chi connectivity index (χ0) is 17.8. The Morgan fingerprint density at radius 1 is 1.33 bits per heavy atom. The van der Waals surface area contributed by atoms with Gasteiger partial charge in [-0.3, -0.25) is 9.59 Å². The van der Waals surface area contributed by atoms with Crippen LogP contribution in [0.5, 0.6) is 0 Å². The lowest BCUT2D eigenvalue weighted by Gasteiger charge is -2.14. The first-order valence-electron chi connectivity index (χ1n) is 7.84. The Morgan fingerprint density at radius 2 is 2.08 bits per heavy atom. The summed E-state index contributed by atoms with van der Waals surface area (Å²) in [6.45, 7) is 2.48. The second kappa shape index (κ2) is 11.0. The molecule has 1 aromatic rings. The number of anilines is 1. The molecule has 0 aliphatic heterocycles. The highest BCUT2D eigenvalue weighted by Gasteiger charge is 2.13. The van der Waals surface area contributed by atoms with Crippen LogP contribution in [0.15, 0.2) is 41.0 Å². The van der Waals surface area contributed by atoms with Gasteiger partial charge in [-0.15, -0.1) is 0 Å². The predicted molar refractivity (Wildman–Crippen MR) is 96.8 cm³/mol. The predicted octanol–water partition coefficient (Wildman–Crippen LogP) is 0.980. The Balaban J connectivity index is 2.92. The standard InChI is InChI=1S/C17H25N5O2/c1-3-13(7-6-10-20-16(24)11-18)17(22-19-2)14-8-4-5-9-15(14)21-12-23/h3-5,8-9,12,19H,6-7,10-11,18H2,1-2H3,(H,20,24)(H,21,23)/b13-3+,22-17+. The molecule has 0 heterocycles. The van der Waals surface area contributed by atoms with E-state index in [1.165, 1.54) is 0 Å². The summed E-state index contributed by atoms with van der Waals surface area (Å²) in [7, 11) is 1.73. The number of benzene rings is 1. The van der Waals surface area contributed by atoms with Crippen LogP contribution in [0.1, 0.15) is 25.3 Å². The third kappa shape index (κ3) is 5.85. The first-order chi connectivity index (χ1) is 11.7. The Kier molecular flexibility index (Phi) is 8.85. The number of allylic oxidation sites excluding steroid dienone is 2. The molecule has 0 aliphatic rings. The van der Waals surface area contributed by atoms with E-state index in [0.29, 0.717) is 18.6 Å². The summed E-state index contributed by atoms with van der Waals surface area (Å²) in [6, 6.07) is 7.47. The number of nitrogens with two attached hydrogens (primary N) is 1. The fraction of sp³-hybridized carbons (Fsp3) is 0.353. The van der Waals surface area contributed by atoms with E-state index in [1.54, 1.807) is 7.05 Å². The quantitative estimate of drug-likeness (QED) is 0.222. The number of hydrogen-bond acceptors (Lipinski definition) is 5. The molecule has 0 aromatic heterocycles. The maximum atomic E-state index is 11.2. The lowest BCUT2D eigenvalue weighted by atomic mass is 9.97. The van der Waals surface area contributed by atoms with Crippen molar-refractivity contribution in [3.63, 3.8) is 0 Å². The number of carbonyl (C=O) groups is 2. The van der Waals surface area contributed by atoms with Gasteiger partial charge in [-0.05, 0) is 31.4 Å². The van der Waals surface area contributed by atoms with Gasteiger partial charge in [0.1, 0.15) is 0 Å². The normalized spacial score (nSPS) is 11.8. The molecule has 7 nitrogen and oxygen atoms in total. The molecule has 5 N–H and O–H groups in total. The number of nitrogens with zero attached hydrogens (tertiary/aromatic N) is 1. The highest BCUT2D eigenvalue weighted by Crippen LogP contribution is 2.21. The van der Waals surface area contributed by atoms with E-state index in [0.717, 1.165) is 29.7 Å². The van der Waals surface area contributed by atoms with Crippen LogP contribution >= 0.6 is 0 Å². The van der Waals surface area contributed by atoms with Crippen molar-refractivity contribution in [3.8, 4) is 0 Å². The van der Waals surface area contributed by atoms with Crippen molar-refractivity contribution < 1.29 is 9.59 Å². The Morgan fingerprint density at radius 3 is 2.71 bits per heavy atom. The van der Waals surface area contributed by atoms with Crippen LogP contribution < -0.4 is 21.8 Å². The van der Waals surface area contributed by atoms with Gasteiger partial charge in [0.25, 0.3) is 0 Å². The van der Waals surface area contributed by atoms with Crippen molar-refractivity contribution in [1.82, 2.24) is 10.7 Å². The molecule has 7 heteroatoms. The van der Waals surface area contributed by atoms with Crippen LogP contribution in [0.25, 0.3) is 0 Å². The molecule has 2 amide bonds. The summed E-state index contributed by atoms with van der Waals surface area (Å²) in [6.07, 6.45) is 4.13. The molecule has 0 aliphatic carbocycles. The van der Waals surface area contributed by atoms with Crippen LogP contribution in [-0.2, 0) is 9.59 Å². The summed E-state index contributed by atoms with van der Waals surface area (Å²) in [5.74, 6) is -0.165. The SMILES string of the molecule is C/C=C(CCCNC(=O)CN)/C(=N\NC)c1ccccc1NC=O. The van der Waals surface area contributed by atoms with Gasteiger partial charge >= 0.3 is 0 Å². The van der Waals surface area contributed by atoms with Gasteiger partial charge < -0.3 is 21.8 Å². The fourth-order valence-corrected chi connectivity index (χ4v) is 2.27. The molecule has 0 atom stereocenters. The largest absolute Gasteiger partial charge is 0.355 e. The Bertz CT molecular complexity index is 611. The van der Waals surface area contributed by atoms with E-state index in [-0.39, 0.29) is 12.5 Å². The number of amides is 2. The fourth-order valence-electron chi connectivity index (χ4n) is 2.27. The van der Waals surface area contributed by atoms with Crippen LogP contribution in [-0.4, -0.2) is 38.2 Å². The van der Waals surface area contributed by atoms with Crippen molar-refractivity contribution in [2.75, 3.05) is 25.5 Å². The third-order valence-electron chi connectivity index (χ3n) is 3.40. The molecule has 24 heavy (non-hydrogen) atoms. The molecular formula is C17H25N5O2. The van der Waals surface area contributed by atoms with Crippen LogP contribution in [0.2, 0.25) is 0 Å². The van der Waals surface area contributed by atoms with Gasteiger partial charge in [0, 0.05) is 24.8 Å². The molecule has 0 bridgehead atoms.